The first-order valence-corrected chi connectivity index (χ1v) is 9.89. The predicted molar refractivity (Wildman–Crippen MR) is 113 cm³/mol. The van der Waals surface area contributed by atoms with Crippen LogP contribution in [-0.4, -0.2) is 31.2 Å². The van der Waals surface area contributed by atoms with Crippen molar-refractivity contribution in [3.05, 3.63) is 89.9 Å². The summed E-state index contributed by atoms with van der Waals surface area (Å²) in [7, 11) is 0. The van der Waals surface area contributed by atoms with E-state index in [-0.39, 0.29) is 24.8 Å². The average molecular weight is 396 g/mol. The van der Waals surface area contributed by atoms with E-state index in [1.165, 1.54) is 4.90 Å². The summed E-state index contributed by atoms with van der Waals surface area (Å²) in [5.74, 6) is -0.396. The van der Waals surface area contributed by atoms with Gasteiger partial charge >= 0.3 is 0 Å². The number of imide groups is 1. The quantitative estimate of drug-likeness (QED) is 0.493. The van der Waals surface area contributed by atoms with Crippen LogP contribution in [0.15, 0.2) is 73.1 Å². The number of hydrogen-bond acceptors (Lipinski definition) is 4. The number of rotatable bonds is 4. The maximum Gasteiger partial charge on any atom is 0.239 e. The Labute approximate surface area is 173 Å². The highest BCUT2D eigenvalue weighted by molar-refractivity contribution is 6.06. The highest BCUT2D eigenvalue weighted by Gasteiger charge is 2.41. The van der Waals surface area contributed by atoms with Gasteiger partial charge in [-0.15, -0.1) is 0 Å². The van der Waals surface area contributed by atoms with E-state index in [9.17, 15) is 9.59 Å². The van der Waals surface area contributed by atoms with Crippen molar-refractivity contribution in [1.82, 2.24) is 19.4 Å². The average Bonchev–Trinajstić information content (AvgIpc) is 3.28. The number of carbonyl (C=O) groups is 2. The van der Waals surface area contributed by atoms with Crippen molar-refractivity contribution in [3.63, 3.8) is 0 Å². The molecule has 30 heavy (non-hydrogen) atoms. The predicted octanol–water partition coefficient (Wildman–Crippen LogP) is 3.77. The highest BCUT2D eigenvalue weighted by atomic mass is 16.2. The van der Waals surface area contributed by atoms with Gasteiger partial charge in [0.1, 0.15) is 0 Å². The number of fused-ring (bicyclic) bond motifs is 1. The molecule has 6 heteroatoms. The number of nitrogens with zero attached hydrogens (tertiary/aromatic N) is 4. The van der Waals surface area contributed by atoms with E-state index in [0.29, 0.717) is 5.95 Å². The minimum atomic E-state index is -0.557. The smallest absolute Gasteiger partial charge is 0.239 e. The molecule has 0 bridgehead atoms. The second kappa shape index (κ2) is 7.22. The third-order valence-corrected chi connectivity index (χ3v) is 5.49. The van der Waals surface area contributed by atoms with Crippen molar-refractivity contribution in [3.8, 4) is 5.95 Å². The molecule has 2 aromatic heterocycles. The third-order valence-electron chi connectivity index (χ3n) is 5.49. The molecule has 148 valence electrons. The summed E-state index contributed by atoms with van der Waals surface area (Å²) in [4.78, 5) is 36.3. The van der Waals surface area contributed by atoms with Gasteiger partial charge in [-0.25, -0.2) is 9.97 Å². The first-order valence-electron chi connectivity index (χ1n) is 9.89. The van der Waals surface area contributed by atoms with Gasteiger partial charge in [0, 0.05) is 29.9 Å². The van der Waals surface area contributed by atoms with Crippen LogP contribution in [0.25, 0.3) is 16.9 Å². The van der Waals surface area contributed by atoms with Crippen LogP contribution in [0.1, 0.15) is 29.2 Å². The van der Waals surface area contributed by atoms with Gasteiger partial charge in [-0.1, -0.05) is 48.5 Å². The van der Waals surface area contributed by atoms with Gasteiger partial charge in [0.25, 0.3) is 0 Å². The van der Waals surface area contributed by atoms with E-state index in [1.54, 1.807) is 12.4 Å². The van der Waals surface area contributed by atoms with Gasteiger partial charge in [0.2, 0.25) is 17.8 Å². The van der Waals surface area contributed by atoms with Gasteiger partial charge in [-0.3, -0.25) is 19.1 Å². The van der Waals surface area contributed by atoms with E-state index >= 15 is 0 Å². The molecule has 0 spiro atoms. The lowest BCUT2D eigenvalue weighted by molar-refractivity contribution is -0.139. The number of amides is 2. The summed E-state index contributed by atoms with van der Waals surface area (Å²) >= 11 is 0. The minimum absolute atomic E-state index is 0.147. The van der Waals surface area contributed by atoms with Crippen LogP contribution in [0.2, 0.25) is 0 Å². The van der Waals surface area contributed by atoms with Crippen LogP contribution < -0.4 is 0 Å². The summed E-state index contributed by atoms with van der Waals surface area (Å²) < 4.78 is 1.90. The molecular weight excluding hydrogens is 376 g/mol. The molecule has 0 saturated carbocycles. The number of aryl methyl sites for hydroxylation is 1. The minimum Gasteiger partial charge on any atom is -0.282 e. The Morgan fingerprint density at radius 3 is 2.43 bits per heavy atom. The van der Waals surface area contributed by atoms with Crippen molar-refractivity contribution >= 4 is 22.7 Å². The Kier molecular flexibility index (Phi) is 4.39. The summed E-state index contributed by atoms with van der Waals surface area (Å²) in [6.07, 6.45) is 3.66. The SMILES string of the molecule is Cc1cnc(-n2c(C3CC(=O)N(Cc4ccccc4)C3=O)cc3ccccc32)nc1. The van der Waals surface area contributed by atoms with Crippen LogP contribution in [0.3, 0.4) is 0 Å². The van der Waals surface area contributed by atoms with E-state index in [1.807, 2.05) is 72.2 Å². The van der Waals surface area contributed by atoms with Crippen LogP contribution >= 0.6 is 0 Å². The normalized spacial score (nSPS) is 16.6. The number of benzene rings is 2. The summed E-state index contributed by atoms with van der Waals surface area (Å²) in [6.45, 7) is 2.22. The molecule has 6 nitrogen and oxygen atoms in total. The number of carbonyl (C=O) groups excluding carboxylic acids is 2. The fraction of sp³-hybridized carbons (Fsp3) is 0.167. The van der Waals surface area contributed by atoms with Crippen LogP contribution in [-0.2, 0) is 16.1 Å². The molecule has 1 aliphatic rings. The van der Waals surface area contributed by atoms with Gasteiger partial charge in [0.15, 0.2) is 0 Å². The van der Waals surface area contributed by atoms with Gasteiger partial charge in [-0.05, 0) is 30.2 Å². The molecule has 0 radical (unpaired) electrons. The zero-order valence-corrected chi connectivity index (χ0v) is 16.5. The number of para-hydroxylation sites is 1. The van der Waals surface area contributed by atoms with Gasteiger partial charge < -0.3 is 0 Å². The van der Waals surface area contributed by atoms with E-state index in [4.69, 9.17) is 0 Å². The molecule has 0 N–H and O–H groups in total. The monoisotopic (exact) mass is 396 g/mol. The lowest BCUT2D eigenvalue weighted by Gasteiger charge is -2.16. The van der Waals surface area contributed by atoms with E-state index in [0.717, 1.165) is 27.7 Å². The van der Waals surface area contributed by atoms with Crippen LogP contribution in [0.5, 0.6) is 0 Å². The molecule has 4 aromatic rings. The van der Waals surface area contributed by atoms with Crippen molar-refractivity contribution in [2.75, 3.05) is 0 Å². The van der Waals surface area contributed by atoms with Crippen molar-refractivity contribution in [2.24, 2.45) is 0 Å². The second-order valence-corrected chi connectivity index (χ2v) is 7.58. The largest absolute Gasteiger partial charge is 0.282 e. The number of likely N-dealkylation sites (tertiary alicyclic amines) is 1. The van der Waals surface area contributed by atoms with Crippen LogP contribution in [0, 0.1) is 6.92 Å². The van der Waals surface area contributed by atoms with Crippen molar-refractivity contribution in [2.45, 2.75) is 25.8 Å². The first-order chi connectivity index (χ1) is 14.6. The molecule has 1 atom stereocenters. The van der Waals surface area contributed by atoms with Crippen molar-refractivity contribution < 1.29 is 9.59 Å². The van der Waals surface area contributed by atoms with E-state index in [2.05, 4.69) is 9.97 Å². The third kappa shape index (κ3) is 3.06. The standard InChI is InChI=1S/C24H20N4O2/c1-16-13-25-24(26-14-16)28-20-10-6-5-9-18(20)11-21(28)19-12-22(29)27(23(19)30)15-17-7-3-2-4-8-17/h2-11,13-14,19H,12,15H2,1H3. The Balaban J connectivity index is 1.58. The maximum absolute atomic E-state index is 13.3. The Hall–Kier alpha value is -3.80. The molecule has 2 amide bonds. The molecule has 1 unspecified atom stereocenters. The van der Waals surface area contributed by atoms with Gasteiger partial charge in [-0.2, -0.15) is 0 Å². The molecule has 3 heterocycles. The summed E-state index contributed by atoms with van der Waals surface area (Å²) in [5.41, 5.74) is 3.55. The van der Waals surface area contributed by atoms with Crippen LogP contribution in [0.4, 0.5) is 0 Å². The zero-order valence-electron chi connectivity index (χ0n) is 16.5. The topological polar surface area (TPSA) is 68.1 Å². The highest BCUT2D eigenvalue weighted by Crippen LogP contribution is 2.35. The maximum atomic E-state index is 13.3. The first kappa shape index (κ1) is 18.2. The number of hydrogen-bond donors (Lipinski definition) is 0. The second-order valence-electron chi connectivity index (χ2n) is 7.58. The lowest BCUT2D eigenvalue weighted by Crippen LogP contribution is -2.30. The summed E-state index contributed by atoms with van der Waals surface area (Å²) in [6, 6.07) is 19.4. The molecular formula is C24H20N4O2. The molecule has 1 aliphatic heterocycles. The van der Waals surface area contributed by atoms with E-state index < -0.39 is 5.92 Å². The van der Waals surface area contributed by atoms with Gasteiger partial charge in [0.05, 0.1) is 18.0 Å². The zero-order chi connectivity index (χ0) is 20.7. The fourth-order valence-electron chi connectivity index (χ4n) is 4.00. The van der Waals surface area contributed by atoms with Crippen molar-refractivity contribution in [1.29, 1.82) is 0 Å². The number of aromatic nitrogens is 3. The summed E-state index contributed by atoms with van der Waals surface area (Å²) in [5, 5.41) is 0.985. The molecule has 0 aliphatic carbocycles. The Bertz CT molecular complexity index is 1250. The Morgan fingerprint density at radius 2 is 1.67 bits per heavy atom. The molecule has 1 fully saturated rings. The molecule has 5 rings (SSSR count). The lowest BCUT2D eigenvalue weighted by atomic mass is 10.0. The molecule has 1 saturated heterocycles. The molecule has 2 aromatic carbocycles. The Morgan fingerprint density at radius 1 is 0.967 bits per heavy atom. The fourth-order valence-corrected chi connectivity index (χ4v) is 4.00.